The molecule has 1 heterocycles. The molecule has 1 atom stereocenters. The molecule has 1 aromatic heterocycles. The van der Waals surface area contributed by atoms with Crippen molar-refractivity contribution < 1.29 is 4.74 Å². The van der Waals surface area contributed by atoms with Crippen LogP contribution in [0, 0.1) is 12.3 Å². The van der Waals surface area contributed by atoms with E-state index in [0.717, 1.165) is 5.56 Å². The average molecular weight is 161 g/mol. The Bertz CT molecular complexity index is 301. The fraction of sp³-hybridized carbons (Fsp3) is 0.300. The van der Waals surface area contributed by atoms with Gasteiger partial charge < -0.3 is 4.74 Å². The first-order chi connectivity index (χ1) is 5.79. The molecule has 0 aliphatic carbocycles. The Balaban J connectivity index is 3.06. The molecule has 0 bridgehead atoms. The van der Waals surface area contributed by atoms with Gasteiger partial charge >= 0.3 is 0 Å². The molecule has 1 aromatic rings. The van der Waals surface area contributed by atoms with Gasteiger partial charge in [-0.2, -0.15) is 0 Å². The normalized spacial score (nSPS) is 11.8. The third-order valence-electron chi connectivity index (χ3n) is 1.71. The summed E-state index contributed by atoms with van der Waals surface area (Å²) in [4.78, 5) is 4.05. The zero-order valence-corrected chi connectivity index (χ0v) is 7.24. The van der Waals surface area contributed by atoms with Gasteiger partial charge in [0.05, 0.1) is 7.11 Å². The Morgan fingerprint density at radius 1 is 1.67 bits per heavy atom. The lowest BCUT2D eigenvalue weighted by Gasteiger charge is -2.08. The zero-order valence-electron chi connectivity index (χ0n) is 7.24. The summed E-state index contributed by atoms with van der Waals surface area (Å²) in [5.74, 6) is 3.30. The second kappa shape index (κ2) is 3.77. The van der Waals surface area contributed by atoms with Gasteiger partial charge in [-0.15, -0.1) is 6.42 Å². The Labute approximate surface area is 72.6 Å². The van der Waals surface area contributed by atoms with Crippen molar-refractivity contribution in [2.45, 2.75) is 12.8 Å². The van der Waals surface area contributed by atoms with Gasteiger partial charge in [-0.05, 0) is 13.0 Å². The minimum Gasteiger partial charge on any atom is -0.481 e. The molecule has 62 valence electrons. The van der Waals surface area contributed by atoms with E-state index in [-0.39, 0.29) is 5.92 Å². The molecule has 0 aliphatic heterocycles. The lowest BCUT2D eigenvalue weighted by molar-refractivity contribution is 0.392. The first-order valence-electron chi connectivity index (χ1n) is 3.74. The number of aromatic nitrogens is 1. The molecule has 0 aliphatic rings. The summed E-state index contributed by atoms with van der Waals surface area (Å²) in [6, 6.07) is 3.78. The third-order valence-corrected chi connectivity index (χ3v) is 1.71. The fourth-order valence-corrected chi connectivity index (χ4v) is 0.993. The van der Waals surface area contributed by atoms with Crippen molar-refractivity contribution in [1.82, 2.24) is 4.98 Å². The van der Waals surface area contributed by atoms with Crippen LogP contribution in [0.25, 0.3) is 0 Å². The molecule has 0 saturated heterocycles. The van der Waals surface area contributed by atoms with Gasteiger partial charge in [0.2, 0.25) is 5.88 Å². The van der Waals surface area contributed by atoms with Crippen LogP contribution >= 0.6 is 0 Å². The van der Waals surface area contributed by atoms with Crippen molar-refractivity contribution in [2.75, 3.05) is 7.11 Å². The molecular formula is C10H11NO. The van der Waals surface area contributed by atoms with E-state index < -0.39 is 0 Å². The van der Waals surface area contributed by atoms with Crippen molar-refractivity contribution in [2.24, 2.45) is 0 Å². The van der Waals surface area contributed by atoms with E-state index in [0.29, 0.717) is 5.88 Å². The molecule has 12 heavy (non-hydrogen) atoms. The third kappa shape index (κ3) is 1.57. The predicted molar refractivity (Wildman–Crippen MR) is 48.0 cm³/mol. The maximum atomic E-state index is 5.29. The number of hydrogen-bond donors (Lipinski definition) is 0. The van der Waals surface area contributed by atoms with E-state index >= 15 is 0 Å². The number of hydrogen-bond acceptors (Lipinski definition) is 2. The summed E-state index contributed by atoms with van der Waals surface area (Å²) in [5.41, 5.74) is 0.961. The highest BCUT2D eigenvalue weighted by Crippen LogP contribution is 2.22. The molecule has 0 amide bonds. The molecule has 1 unspecified atom stereocenters. The lowest BCUT2D eigenvalue weighted by atomic mass is 10.0. The van der Waals surface area contributed by atoms with Gasteiger partial charge in [0.25, 0.3) is 0 Å². The molecule has 0 N–H and O–H groups in total. The topological polar surface area (TPSA) is 22.1 Å². The monoisotopic (exact) mass is 161 g/mol. The Kier molecular flexibility index (Phi) is 2.71. The Morgan fingerprint density at radius 2 is 2.42 bits per heavy atom. The summed E-state index contributed by atoms with van der Waals surface area (Å²) >= 11 is 0. The van der Waals surface area contributed by atoms with Crippen LogP contribution in [0.2, 0.25) is 0 Å². The van der Waals surface area contributed by atoms with Crippen molar-refractivity contribution in [3.05, 3.63) is 23.9 Å². The van der Waals surface area contributed by atoms with Crippen LogP contribution in [0.15, 0.2) is 18.3 Å². The summed E-state index contributed by atoms with van der Waals surface area (Å²) in [7, 11) is 1.59. The SMILES string of the molecule is C#CC(C)c1cccnc1OC. The number of ether oxygens (including phenoxy) is 1. The van der Waals surface area contributed by atoms with E-state index in [1.54, 1.807) is 13.3 Å². The lowest BCUT2D eigenvalue weighted by Crippen LogP contribution is -1.96. The minimum atomic E-state index is 0.0497. The van der Waals surface area contributed by atoms with Gasteiger partial charge in [0, 0.05) is 17.7 Å². The summed E-state index contributed by atoms with van der Waals surface area (Å²) in [6.45, 7) is 1.94. The van der Waals surface area contributed by atoms with Crippen LogP contribution in [0.5, 0.6) is 5.88 Å². The number of methoxy groups -OCH3 is 1. The average Bonchev–Trinajstić information content (AvgIpc) is 2.16. The van der Waals surface area contributed by atoms with Crippen molar-refractivity contribution in [1.29, 1.82) is 0 Å². The maximum absolute atomic E-state index is 5.29. The molecule has 0 spiro atoms. The number of nitrogens with zero attached hydrogens (tertiary/aromatic N) is 1. The van der Waals surface area contributed by atoms with Crippen molar-refractivity contribution in [3.63, 3.8) is 0 Å². The highest BCUT2D eigenvalue weighted by atomic mass is 16.5. The largest absolute Gasteiger partial charge is 0.481 e. The smallest absolute Gasteiger partial charge is 0.217 e. The molecule has 2 nitrogen and oxygen atoms in total. The fourth-order valence-electron chi connectivity index (χ4n) is 0.993. The second-order valence-corrected chi connectivity index (χ2v) is 2.49. The van der Waals surface area contributed by atoms with Crippen LogP contribution in [0.3, 0.4) is 0 Å². The van der Waals surface area contributed by atoms with Crippen LogP contribution in [-0.4, -0.2) is 12.1 Å². The maximum Gasteiger partial charge on any atom is 0.217 e. The van der Waals surface area contributed by atoms with Gasteiger partial charge in [-0.25, -0.2) is 4.98 Å². The summed E-state index contributed by atoms with van der Waals surface area (Å²) in [5, 5.41) is 0. The van der Waals surface area contributed by atoms with Gasteiger partial charge in [-0.3, -0.25) is 0 Å². The van der Waals surface area contributed by atoms with E-state index in [1.165, 1.54) is 0 Å². The molecular weight excluding hydrogens is 150 g/mol. The number of pyridine rings is 1. The molecule has 2 heteroatoms. The first-order valence-corrected chi connectivity index (χ1v) is 3.74. The van der Waals surface area contributed by atoms with Gasteiger partial charge in [0.15, 0.2) is 0 Å². The van der Waals surface area contributed by atoms with Crippen molar-refractivity contribution >= 4 is 0 Å². The highest BCUT2D eigenvalue weighted by Gasteiger charge is 2.08. The Morgan fingerprint density at radius 3 is 3.00 bits per heavy atom. The highest BCUT2D eigenvalue weighted by molar-refractivity contribution is 5.33. The van der Waals surface area contributed by atoms with Crippen LogP contribution < -0.4 is 4.74 Å². The molecule has 1 rings (SSSR count). The van der Waals surface area contributed by atoms with Gasteiger partial charge in [-0.1, -0.05) is 12.0 Å². The molecule has 0 aromatic carbocycles. The molecule has 0 fully saturated rings. The number of rotatable bonds is 2. The second-order valence-electron chi connectivity index (χ2n) is 2.49. The molecule has 0 radical (unpaired) electrons. The van der Waals surface area contributed by atoms with E-state index in [9.17, 15) is 0 Å². The molecule has 0 saturated carbocycles. The van der Waals surface area contributed by atoms with Crippen LogP contribution in [-0.2, 0) is 0 Å². The van der Waals surface area contributed by atoms with Crippen molar-refractivity contribution in [3.8, 4) is 18.2 Å². The van der Waals surface area contributed by atoms with E-state index in [1.807, 2.05) is 19.1 Å². The quantitative estimate of drug-likeness (QED) is 0.617. The van der Waals surface area contributed by atoms with E-state index in [4.69, 9.17) is 11.2 Å². The van der Waals surface area contributed by atoms with E-state index in [2.05, 4.69) is 10.9 Å². The predicted octanol–water partition coefficient (Wildman–Crippen LogP) is 1.83. The van der Waals surface area contributed by atoms with Crippen LogP contribution in [0.1, 0.15) is 18.4 Å². The first kappa shape index (κ1) is 8.61. The zero-order chi connectivity index (χ0) is 8.97. The number of terminal acetylenes is 1. The van der Waals surface area contributed by atoms with Crippen LogP contribution in [0.4, 0.5) is 0 Å². The summed E-state index contributed by atoms with van der Waals surface area (Å²) < 4.78 is 5.06. The van der Waals surface area contributed by atoms with Gasteiger partial charge in [0.1, 0.15) is 0 Å². The Hall–Kier alpha value is -1.49. The standard InChI is InChI=1S/C10H11NO/c1-4-8(2)9-6-5-7-11-10(9)12-3/h1,5-8H,2-3H3. The minimum absolute atomic E-state index is 0.0497. The summed E-state index contributed by atoms with van der Waals surface area (Å²) in [6.07, 6.45) is 6.98.